The maximum absolute atomic E-state index is 4.18. The normalized spacial score (nSPS) is 8.71. The van der Waals surface area contributed by atoms with Crippen molar-refractivity contribution in [3.05, 3.63) is 199 Å². The lowest BCUT2D eigenvalue weighted by Crippen LogP contribution is -1.93. The number of rotatable bonds is 7. The first-order valence-corrected chi connectivity index (χ1v) is 29.2. The number of aromatic nitrogens is 9. The number of hydrogen-bond donors (Lipinski definition) is 0. The van der Waals surface area contributed by atoms with E-state index in [4.69, 9.17) is 0 Å². The van der Waals surface area contributed by atoms with Crippen LogP contribution in [0.15, 0.2) is 160 Å². The average molecular weight is 1080 g/mol. The molecule has 0 radical (unpaired) electrons. The summed E-state index contributed by atoms with van der Waals surface area (Å²) >= 11 is 0. The maximum atomic E-state index is 4.18. The summed E-state index contributed by atoms with van der Waals surface area (Å²) in [4.78, 5) is 36.1. The van der Waals surface area contributed by atoms with Gasteiger partial charge in [-0.25, -0.2) is 19.9 Å². The van der Waals surface area contributed by atoms with Crippen molar-refractivity contribution in [2.75, 3.05) is 0 Å². The van der Waals surface area contributed by atoms with Crippen LogP contribution in [0, 0.1) is 0 Å². The summed E-state index contributed by atoms with van der Waals surface area (Å²) < 4.78 is 0. The largest absolute Gasteiger partial charge is 0.265 e. The summed E-state index contributed by atoms with van der Waals surface area (Å²) in [5.41, 5.74) is 7.48. The van der Waals surface area contributed by atoms with E-state index in [-0.39, 0.29) is 7.43 Å². The maximum Gasteiger partial charge on any atom is 0.130 e. The third-order valence-electron chi connectivity index (χ3n) is 8.99. The lowest BCUT2D eigenvalue weighted by Gasteiger charge is -2.01. The number of benzene rings is 1. The highest BCUT2D eigenvalue weighted by Gasteiger charge is 2.00. The van der Waals surface area contributed by atoms with E-state index in [1.807, 2.05) is 183 Å². The van der Waals surface area contributed by atoms with Crippen molar-refractivity contribution in [2.45, 2.75) is 243 Å². The van der Waals surface area contributed by atoms with Crippen LogP contribution < -0.4 is 0 Å². The van der Waals surface area contributed by atoms with Gasteiger partial charge in [0.05, 0.1) is 5.69 Å². The molecule has 0 aliphatic carbocycles. The van der Waals surface area contributed by atoms with Gasteiger partial charge in [0.2, 0.25) is 0 Å². The number of nitrogens with zero attached hydrogens (tertiary/aromatic N) is 9. The highest BCUT2D eigenvalue weighted by Crippen LogP contribution is 2.14. The zero-order chi connectivity index (χ0) is 60.8. The van der Waals surface area contributed by atoms with Crippen molar-refractivity contribution in [1.82, 2.24) is 44.9 Å². The van der Waals surface area contributed by atoms with E-state index < -0.39 is 0 Å². The van der Waals surface area contributed by atoms with Gasteiger partial charge >= 0.3 is 0 Å². The fraction of sp³-hybridized carbons (Fsp3) is 0.522. The van der Waals surface area contributed by atoms with Gasteiger partial charge in [0.15, 0.2) is 0 Å². The van der Waals surface area contributed by atoms with Gasteiger partial charge in [-0.3, -0.25) is 24.9 Å². The lowest BCUT2D eigenvalue weighted by molar-refractivity contribution is 0.774. The van der Waals surface area contributed by atoms with E-state index >= 15 is 0 Å². The highest BCUT2D eigenvalue weighted by molar-refractivity contribution is 5.18. The van der Waals surface area contributed by atoms with Crippen molar-refractivity contribution in [1.29, 1.82) is 0 Å². The first-order chi connectivity index (χ1) is 37.1. The van der Waals surface area contributed by atoms with Crippen LogP contribution in [0.1, 0.15) is 282 Å². The number of pyridine rings is 3. The molecule has 442 valence electrons. The predicted molar refractivity (Wildman–Crippen MR) is 350 cm³/mol. The van der Waals surface area contributed by atoms with Crippen LogP contribution in [0.2, 0.25) is 0 Å². The van der Waals surface area contributed by atoms with E-state index in [1.54, 1.807) is 43.5 Å². The predicted octanol–water partition coefficient (Wildman–Crippen LogP) is 22.0. The molecular weight excluding hydrogens is 955 g/mol. The molecule has 0 fully saturated rings. The first kappa shape index (κ1) is 88.5. The fourth-order valence-corrected chi connectivity index (χ4v) is 4.85. The molecule has 0 aliphatic rings. The van der Waals surface area contributed by atoms with Gasteiger partial charge in [-0.05, 0) is 94.2 Å². The van der Waals surface area contributed by atoms with Crippen LogP contribution in [0.3, 0.4) is 0 Å². The van der Waals surface area contributed by atoms with Crippen LogP contribution >= 0.6 is 0 Å². The minimum Gasteiger partial charge on any atom is -0.265 e. The summed E-state index contributed by atoms with van der Waals surface area (Å²) in [6.07, 6.45) is 23.2. The van der Waals surface area contributed by atoms with E-state index in [0.717, 1.165) is 17.2 Å². The SMILES string of the molecule is C.CC.CC.CC.CC.CC.CC.CC.CC(C)c1ccccc1.CC(C)c1ccccn1.CC(C)c1cccnc1.CC(C)c1ccncc1.CC(C)c1cnccn1.CC(C)c1cncnc1.CC(C)c1ncccn1. The Morgan fingerprint density at radius 3 is 0.897 bits per heavy atom. The molecule has 0 aliphatic heterocycles. The molecule has 0 atom stereocenters. The molecule has 1 aromatic carbocycles. The molecule has 0 spiro atoms. The Bertz CT molecular complexity index is 1610. The van der Waals surface area contributed by atoms with Crippen LogP contribution in [0.4, 0.5) is 0 Å². The Morgan fingerprint density at radius 2 is 0.628 bits per heavy atom. The van der Waals surface area contributed by atoms with Crippen molar-refractivity contribution < 1.29 is 0 Å². The van der Waals surface area contributed by atoms with Gasteiger partial charge in [-0.15, -0.1) is 0 Å². The third kappa shape index (κ3) is 54.7. The first-order valence-electron chi connectivity index (χ1n) is 29.2. The molecule has 7 rings (SSSR count). The van der Waals surface area contributed by atoms with Crippen molar-refractivity contribution >= 4 is 0 Å². The monoisotopic (exact) mass is 1080 g/mol. The molecule has 6 heterocycles. The lowest BCUT2D eigenvalue weighted by atomic mass is 10.0. The molecule has 9 nitrogen and oxygen atoms in total. The average Bonchev–Trinajstić information content (AvgIpc) is 3.51. The molecule has 0 amide bonds. The van der Waals surface area contributed by atoms with Crippen LogP contribution in [0.5, 0.6) is 0 Å². The second-order valence-corrected chi connectivity index (χ2v) is 16.7. The topological polar surface area (TPSA) is 116 Å². The van der Waals surface area contributed by atoms with Gasteiger partial charge in [0, 0.05) is 86.0 Å². The van der Waals surface area contributed by atoms with Gasteiger partial charge in [-0.2, -0.15) is 0 Å². The zero-order valence-electron chi connectivity index (χ0n) is 54.6. The summed E-state index contributed by atoms with van der Waals surface area (Å²) in [7, 11) is 0. The van der Waals surface area contributed by atoms with Gasteiger partial charge < -0.3 is 0 Å². The molecular formula is C69H121N9. The second kappa shape index (κ2) is 68.9. The third-order valence-corrected chi connectivity index (χ3v) is 8.99. The zero-order valence-corrected chi connectivity index (χ0v) is 54.6. The van der Waals surface area contributed by atoms with Gasteiger partial charge in [0.1, 0.15) is 12.2 Å². The Morgan fingerprint density at radius 1 is 0.244 bits per heavy atom. The molecule has 0 N–H and O–H groups in total. The molecule has 9 heteroatoms. The molecule has 0 saturated heterocycles. The van der Waals surface area contributed by atoms with Crippen molar-refractivity contribution in [3.63, 3.8) is 0 Å². The minimum atomic E-state index is 0. The van der Waals surface area contributed by atoms with Crippen LogP contribution in [0.25, 0.3) is 0 Å². The highest BCUT2D eigenvalue weighted by atomic mass is 14.9. The Hall–Kier alpha value is -6.09. The molecule has 78 heavy (non-hydrogen) atoms. The van der Waals surface area contributed by atoms with E-state index in [9.17, 15) is 0 Å². The van der Waals surface area contributed by atoms with Crippen LogP contribution in [-0.2, 0) is 0 Å². The van der Waals surface area contributed by atoms with E-state index in [2.05, 4.69) is 172 Å². The summed E-state index contributed by atoms with van der Waals surface area (Å²) in [6.45, 7) is 58.0. The standard InChI is InChI=1S/C9H12.3C8H11N.3C7H10N2.7C2H6.CH4/c1-8(2)9-6-4-3-5-7-9;1-7(2)8-3-5-9-6-4-8;1-7(2)8-4-3-5-9-6-8;1-7(2)8-5-3-4-6-9-8;1-6(2)7-3-8-5-9-4-7;1-6(2)7-5-8-3-4-9-7;1-6(2)7-8-4-3-5-9-7;7*1-2;/h3-8H,1-2H3;3*3-7H,1-2H3;3*3-6H,1-2H3;7*1-2H3;1H4. The van der Waals surface area contributed by atoms with Crippen molar-refractivity contribution in [2.24, 2.45) is 0 Å². The van der Waals surface area contributed by atoms with Crippen molar-refractivity contribution in [3.8, 4) is 0 Å². The summed E-state index contributed by atoms with van der Waals surface area (Å²) in [5.74, 6) is 4.79. The van der Waals surface area contributed by atoms with E-state index in [1.165, 1.54) is 22.3 Å². The molecule has 0 bridgehead atoms. The molecule has 6 aromatic heterocycles. The van der Waals surface area contributed by atoms with E-state index in [0.29, 0.717) is 41.4 Å². The molecule has 0 unspecified atom stereocenters. The Labute approximate surface area is 484 Å². The van der Waals surface area contributed by atoms with Gasteiger partial charge in [0.25, 0.3) is 0 Å². The quantitative estimate of drug-likeness (QED) is 0.154. The minimum absolute atomic E-state index is 0. The summed E-state index contributed by atoms with van der Waals surface area (Å²) in [5, 5.41) is 0. The molecule has 0 saturated carbocycles. The number of hydrogen-bond acceptors (Lipinski definition) is 9. The Balaban J connectivity index is -0.000000117. The van der Waals surface area contributed by atoms with Crippen LogP contribution in [-0.4, -0.2) is 44.9 Å². The molecule has 7 aromatic rings. The summed E-state index contributed by atoms with van der Waals surface area (Å²) in [6, 6.07) is 26.5. The Kier molecular flexibility index (Phi) is 78.2. The second-order valence-electron chi connectivity index (χ2n) is 16.7. The van der Waals surface area contributed by atoms with Gasteiger partial charge in [-0.1, -0.05) is 244 Å². The smallest absolute Gasteiger partial charge is 0.130 e. The fourth-order valence-electron chi connectivity index (χ4n) is 4.85.